The van der Waals surface area contributed by atoms with Crippen LogP contribution in [0.5, 0.6) is 5.75 Å². The number of benzene rings is 3. The van der Waals surface area contributed by atoms with E-state index in [1.54, 1.807) is 24.5 Å². The number of rotatable bonds is 7. The second-order valence-corrected chi connectivity index (χ2v) is 8.84. The number of hydrogen-bond donors (Lipinski definition) is 1. The van der Waals surface area contributed by atoms with E-state index in [1.807, 2.05) is 63.2 Å². The molecule has 0 saturated heterocycles. The van der Waals surface area contributed by atoms with E-state index in [0.29, 0.717) is 28.9 Å². The fraction of sp³-hybridized carbons (Fsp3) is 0.179. The van der Waals surface area contributed by atoms with Gasteiger partial charge < -0.3 is 14.5 Å². The Morgan fingerprint density at radius 3 is 2.56 bits per heavy atom. The summed E-state index contributed by atoms with van der Waals surface area (Å²) in [5.74, 6) is 0.525. The highest BCUT2D eigenvalue weighted by atomic mass is 35.5. The number of aryl methyl sites for hydroxylation is 1. The van der Waals surface area contributed by atoms with Gasteiger partial charge in [0, 0.05) is 45.3 Å². The molecule has 174 valence electrons. The highest BCUT2D eigenvalue weighted by Crippen LogP contribution is 2.42. The molecule has 0 aliphatic rings. The van der Waals surface area contributed by atoms with E-state index in [1.165, 1.54) is 0 Å². The first-order valence-corrected chi connectivity index (χ1v) is 11.8. The lowest BCUT2D eigenvalue weighted by Gasteiger charge is -2.15. The molecule has 1 N–H and O–H groups in total. The highest BCUT2D eigenvalue weighted by molar-refractivity contribution is 6.36. The summed E-state index contributed by atoms with van der Waals surface area (Å²) in [5, 5.41) is 4.93. The predicted octanol–water partition coefficient (Wildman–Crippen LogP) is 7.83. The molecule has 3 aromatic carbocycles. The molecule has 0 aliphatic carbocycles. The molecular weight excluding hydrogens is 469 g/mol. The predicted molar refractivity (Wildman–Crippen MR) is 140 cm³/mol. The van der Waals surface area contributed by atoms with Crippen LogP contribution in [0.4, 0.5) is 0 Å². The first kappa shape index (κ1) is 23.9. The molecule has 0 aliphatic heterocycles. The molecule has 1 amide bonds. The maximum absolute atomic E-state index is 12.7. The first-order valence-electron chi connectivity index (χ1n) is 11.0. The van der Waals surface area contributed by atoms with Crippen LogP contribution < -0.4 is 10.1 Å². The van der Waals surface area contributed by atoms with Gasteiger partial charge in [-0.2, -0.15) is 0 Å². The number of ether oxygens (including phenoxy) is 1. The number of fused-ring (bicyclic) bond motifs is 1. The van der Waals surface area contributed by atoms with Crippen molar-refractivity contribution in [1.82, 2.24) is 5.32 Å². The summed E-state index contributed by atoms with van der Waals surface area (Å²) in [5.41, 5.74) is 5.91. The minimum absolute atomic E-state index is 0.172. The monoisotopic (exact) mass is 493 g/mol. The summed E-state index contributed by atoms with van der Waals surface area (Å²) in [6.07, 6.45) is 3.29. The fourth-order valence-corrected chi connectivity index (χ4v) is 4.48. The van der Waals surface area contributed by atoms with E-state index in [0.717, 1.165) is 44.4 Å². The van der Waals surface area contributed by atoms with Gasteiger partial charge in [-0.3, -0.25) is 4.79 Å². The van der Waals surface area contributed by atoms with E-state index >= 15 is 0 Å². The first-order chi connectivity index (χ1) is 16.4. The van der Waals surface area contributed by atoms with Crippen molar-refractivity contribution in [3.63, 3.8) is 0 Å². The number of carbonyl (C=O) groups is 1. The number of carbonyl (C=O) groups excluding carboxylic acids is 1. The zero-order valence-electron chi connectivity index (χ0n) is 19.2. The topological polar surface area (TPSA) is 51.5 Å². The van der Waals surface area contributed by atoms with E-state index in [-0.39, 0.29) is 5.91 Å². The summed E-state index contributed by atoms with van der Waals surface area (Å²) in [4.78, 5) is 12.7. The molecule has 1 aromatic heterocycles. The molecule has 4 aromatic rings. The van der Waals surface area contributed by atoms with Crippen molar-refractivity contribution in [3.8, 4) is 16.9 Å². The lowest BCUT2D eigenvalue weighted by Crippen LogP contribution is -2.20. The molecule has 0 spiro atoms. The second-order valence-electron chi connectivity index (χ2n) is 7.99. The van der Waals surface area contributed by atoms with Gasteiger partial charge in [0.05, 0.1) is 17.9 Å². The average molecular weight is 494 g/mol. The molecule has 0 radical (unpaired) electrons. The van der Waals surface area contributed by atoms with Crippen LogP contribution in [0, 0.1) is 6.92 Å². The minimum atomic E-state index is -0.172. The Balaban J connectivity index is 1.74. The Morgan fingerprint density at radius 2 is 1.85 bits per heavy atom. The molecule has 34 heavy (non-hydrogen) atoms. The van der Waals surface area contributed by atoms with Crippen LogP contribution >= 0.6 is 23.2 Å². The van der Waals surface area contributed by atoms with E-state index in [9.17, 15) is 4.79 Å². The third kappa shape index (κ3) is 4.98. The summed E-state index contributed by atoms with van der Waals surface area (Å²) < 4.78 is 11.9. The third-order valence-electron chi connectivity index (χ3n) is 5.64. The van der Waals surface area contributed by atoms with E-state index in [4.69, 9.17) is 32.4 Å². The van der Waals surface area contributed by atoms with Crippen molar-refractivity contribution in [2.24, 2.45) is 0 Å². The van der Waals surface area contributed by atoms with Crippen LogP contribution in [0.15, 0.2) is 71.4 Å². The van der Waals surface area contributed by atoms with Gasteiger partial charge in [-0.05, 0) is 50.1 Å². The van der Waals surface area contributed by atoms with Gasteiger partial charge in [0.25, 0.3) is 0 Å². The smallest absolute Gasteiger partial charge is 0.244 e. The summed E-state index contributed by atoms with van der Waals surface area (Å²) in [6, 6.07) is 17.2. The lowest BCUT2D eigenvalue weighted by molar-refractivity contribution is -0.116. The maximum atomic E-state index is 12.7. The fourth-order valence-electron chi connectivity index (χ4n) is 3.97. The molecule has 4 nitrogen and oxygen atoms in total. The Bertz CT molecular complexity index is 1370. The second kappa shape index (κ2) is 10.4. The van der Waals surface area contributed by atoms with Crippen molar-refractivity contribution in [2.75, 3.05) is 6.61 Å². The summed E-state index contributed by atoms with van der Waals surface area (Å²) in [6.45, 7) is 6.74. The normalized spacial score (nSPS) is 11.6. The SMILES string of the molecule is CCOc1c(/C(C)=C/C(=O)NCc2ccccc2)cc2c(-c3ccc(Cl)cc3Cl)coc2c1C. The van der Waals surface area contributed by atoms with Crippen LogP contribution in [0.25, 0.3) is 27.7 Å². The molecule has 4 rings (SSSR count). The number of nitrogens with one attached hydrogen (secondary N) is 1. The third-order valence-corrected chi connectivity index (χ3v) is 6.18. The molecule has 0 saturated carbocycles. The van der Waals surface area contributed by atoms with Crippen molar-refractivity contribution < 1.29 is 13.9 Å². The minimum Gasteiger partial charge on any atom is -0.493 e. The van der Waals surface area contributed by atoms with E-state index < -0.39 is 0 Å². The van der Waals surface area contributed by atoms with Crippen LogP contribution in [-0.4, -0.2) is 12.5 Å². The van der Waals surface area contributed by atoms with Crippen molar-refractivity contribution in [3.05, 3.63) is 93.7 Å². The van der Waals surface area contributed by atoms with Gasteiger partial charge in [-0.15, -0.1) is 0 Å². The molecule has 1 heterocycles. The largest absolute Gasteiger partial charge is 0.493 e. The highest BCUT2D eigenvalue weighted by Gasteiger charge is 2.20. The number of furan rings is 1. The number of amides is 1. The Kier molecular flexibility index (Phi) is 7.30. The molecule has 6 heteroatoms. The molecular formula is C28H25Cl2NO3. The van der Waals surface area contributed by atoms with Crippen LogP contribution in [0.1, 0.15) is 30.5 Å². The summed E-state index contributed by atoms with van der Waals surface area (Å²) >= 11 is 12.6. The molecule has 0 fully saturated rings. The van der Waals surface area contributed by atoms with E-state index in [2.05, 4.69) is 5.32 Å². The molecule has 0 bridgehead atoms. The Labute approximate surface area is 209 Å². The van der Waals surface area contributed by atoms with Gasteiger partial charge in [0.2, 0.25) is 5.91 Å². The molecule has 0 unspecified atom stereocenters. The molecule has 0 atom stereocenters. The summed E-state index contributed by atoms with van der Waals surface area (Å²) in [7, 11) is 0. The van der Waals surface area contributed by atoms with Crippen molar-refractivity contribution >= 4 is 45.7 Å². The van der Waals surface area contributed by atoms with Gasteiger partial charge >= 0.3 is 0 Å². The quantitative estimate of drug-likeness (QED) is 0.266. The van der Waals surface area contributed by atoms with Gasteiger partial charge in [-0.25, -0.2) is 0 Å². The standard InChI is InChI=1S/C28H25Cl2NO3/c1-4-33-27-18(3)28-23(24(16-34-28)21-11-10-20(29)13-25(21)30)14-22(27)17(2)12-26(32)31-15-19-8-6-5-7-9-19/h5-14,16H,4,15H2,1-3H3,(H,31,32)/b17-12+. The number of halogens is 2. The lowest BCUT2D eigenvalue weighted by atomic mass is 9.96. The van der Waals surface area contributed by atoms with Gasteiger partial charge in [0.1, 0.15) is 11.3 Å². The van der Waals surface area contributed by atoms with Crippen LogP contribution in [-0.2, 0) is 11.3 Å². The van der Waals surface area contributed by atoms with Crippen molar-refractivity contribution in [1.29, 1.82) is 0 Å². The number of hydrogen-bond acceptors (Lipinski definition) is 3. The van der Waals surface area contributed by atoms with Crippen LogP contribution in [0.3, 0.4) is 0 Å². The number of allylic oxidation sites excluding steroid dienone is 1. The zero-order chi connectivity index (χ0) is 24.2. The van der Waals surface area contributed by atoms with Crippen LogP contribution in [0.2, 0.25) is 10.0 Å². The van der Waals surface area contributed by atoms with Gasteiger partial charge in [0.15, 0.2) is 0 Å². The Hall–Kier alpha value is -3.21. The van der Waals surface area contributed by atoms with Gasteiger partial charge in [-0.1, -0.05) is 59.6 Å². The maximum Gasteiger partial charge on any atom is 0.244 e. The Morgan fingerprint density at radius 1 is 1.09 bits per heavy atom. The average Bonchev–Trinajstić information content (AvgIpc) is 3.24. The zero-order valence-corrected chi connectivity index (χ0v) is 20.8. The van der Waals surface area contributed by atoms with Crippen molar-refractivity contribution in [2.45, 2.75) is 27.3 Å².